The fourth-order valence-corrected chi connectivity index (χ4v) is 3.82. The second-order valence-electron chi connectivity index (χ2n) is 6.21. The lowest BCUT2D eigenvalue weighted by Gasteiger charge is -2.45. The monoisotopic (exact) mass is 320 g/mol. The fourth-order valence-electron chi connectivity index (χ4n) is 3.82. The molecule has 0 aromatic heterocycles. The zero-order valence-electron chi connectivity index (χ0n) is 13.7. The molecule has 23 heavy (non-hydrogen) atoms. The Kier molecular flexibility index (Phi) is 6.03. The van der Waals surface area contributed by atoms with Gasteiger partial charge in [-0.25, -0.2) is 9.59 Å². The third kappa shape index (κ3) is 4.04. The number of piperidine rings is 1. The molecule has 1 aliphatic heterocycles. The lowest BCUT2D eigenvalue weighted by Crippen LogP contribution is -2.54. The Morgan fingerprint density at radius 1 is 1.30 bits per heavy atom. The third-order valence-electron chi connectivity index (χ3n) is 4.92. The van der Waals surface area contributed by atoms with Gasteiger partial charge < -0.3 is 9.47 Å². The van der Waals surface area contributed by atoms with Crippen LogP contribution in [0.15, 0.2) is 12.2 Å². The molecule has 1 heterocycles. The van der Waals surface area contributed by atoms with Crippen molar-refractivity contribution < 1.29 is 19.1 Å². The Bertz CT molecular complexity index is 511. The minimum absolute atomic E-state index is 0.298. The van der Waals surface area contributed by atoms with Crippen LogP contribution in [0, 0.1) is 29.1 Å². The van der Waals surface area contributed by atoms with Crippen molar-refractivity contribution in [2.45, 2.75) is 38.6 Å². The second kappa shape index (κ2) is 8.00. The van der Waals surface area contributed by atoms with Crippen LogP contribution in [0.4, 0.5) is 4.79 Å². The molecule has 0 radical (unpaired) electrons. The Hall–Kier alpha value is -2.03. The molecule has 1 amide bonds. The summed E-state index contributed by atoms with van der Waals surface area (Å²) in [6.07, 6.45) is 6.60. The number of nitrogens with zero attached hydrogens (tertiary/aromatic N) is 2. The first kappa shape index (κ1) is 17.3. The van der Waals surface area contributed by atoms with Crippen molar-refractivity contribution in [3.8, 4) is 6.07 Å². The summed E-state index contributed by atoms with van der Waals surface area (Å²) in [4.78, 5) is 25.8. The molecule has 0 unspecified atom stereocenters. The van der Waals surface area contributed by atoms with Gasteiger partial charge in [0.2, 0.25) is 0 Å². The highest BCUT2D eigenvalue weighted by Crippen LogP contribution is 2.41. The lowest BCUT2D eigenvalue weighted by atomic mass is 9.69. The van der Waals surface area contributed by atoms with E-state index in [-0.39, 0.29) is 5.97 Å². The number of carbonyl (C=O) groups excluding carboxylic acids is 2. The molecule has 0 spiro atoms. The maximum atomic E-state index is 12.2. The summed E-state index contributed by atoms with van der Waals surface area (Å²) in [6, 6.07) is 1.47. The van der Waals surface area contributed by atoms with Crippen LogP contribution in [0.3, 0.4) is 0 Å². The molecule has 0 N–H and O–H groups in total. The summed E-state index contributed by atoms with van der Waals surface area (Å²) in [5.74, 6) is 0.772. The molecule has 6 nitrogen and oxygen atoms in total. The molecule has 1 saturated carbocycles. The van der Waals surface area contributed by atoms with Gasteiger partial charge in [0, 0.05) is 12.6 Å². The van der Waals surface area contributed by atoms with E-state index in [4.69, 9.17) is 14.7 Å². The van der Waals surface area contributed by atoms with Crippen LogP contribution in [0.25, 0.3) is 0 Å². The maximum Gasteiger partial charge on any atom is 0.410 e. The molecule has 2 rings (SSSR count). The second-order valence-corrected chi connectivity index (χ2v) is 6.21. The number of fused-ring (bicyclic) bond motifs is 1. The van der Waals surface area contributed by atoms with Crippen molar-refractivity contribution in [3.63, 3.8) is 0 Å². The molecule has 126 valence electrons. The van der Waals surface area contributed by atoms with Crippen LogP contribution < -0.4 is 0 Å². The standard InChI is InChI=1S/C17H24N2O4/c1-3-23-16(20)15-10-14-9-12(5-4-8-18)6-7-13(14)11-19(15)17(21)22-2/h4-5,12-15H,3,6-7,9-11H2,1-2H3/b5-4+/t12-,13-,14+,15-/m0/s1. The van der Waals surface area contributed by atoms with Crippen LogP contribution in [-0.2, 0) is 14.3 Å². The molecule has 6 heteroatoms. The predicted octanol–water partition coefficient (Wildman–Crippen LogP) is 2.50. The number of nitriles is 1. The quantitative estimate of drug-likeness (QED) is 0.589. The van der Waals surface area contributed by atoms with E-state index in [0.717, 1.165) is 19.3 Å². The third-order valence-corrected chi connectivity index (χ3v) is 4.92. The van der Waals surface area contributed by atoms with Gasteiger partial charge in [0.25, 0.3) is 0 Å². The first-order valence-corrected chi connectivity index (χ1v) is 8.18. The number of likely N-dealkylation sites (tertiary alicyclic amines) is 1. The van der Waals surface area contributed by atoms with Gasteiger partial charge in [-0.2, -0.15) is 5.26 Å². The Balaban J connectivity index is 2.11. The first-order chi connectivity index (χ1) is 11.1. The molecule has 0 aromatic rings. The minimum Gasteiger partial charge on any atom is -0.464 e. The zero-order chi connectivity index (χ0) is 16.8. The summed E-state index contributed by atoms with van der Waals surface area (Å²) in [5.41, 5.74) is 0. The number of ether oxygens (including phenoxy) is 2. The average molecular weight is 320 g/mol. The minimum atomic E-state index is -0.567. The van der Waals surface area contributed by atoms with E-state index in [2.05, 4.69) is 0 Å². The van der Waals surface area contributed by atoms with Crippen molar-refractivity contribution >= 4 is 12.1 Å². The van der Waals surface area contributed by atoms with Gasteiger partial charge in [0.05, 0.1) is 19.8 Å². The van der Waals surface area contributed by atoms with Crippen LogP contribution in [-0.4, -0.2) is 43.3 Å². The highest BCUT2D eigenvalue weighted by molar-refractivity contribution is 5.81. The predicted molar refractivity (Wildman–Crippen MR) is 83.2 cm³/mol. The topological polar surface area (TPSA) is 79.6 Å². The van der Waals surface area contributed by atoms with Crippen molar-refractivity contribution in [3.05, 3.63) is 12.2 Å². The molecule has 2 aliphatic rings. The van der Waals surface area contributed by atoms with Crippen LogP contribution in [0.1, 0.15) is 32.6 Å². The van der Waals surface area contributed by atoms with E-state index in [1.54, 1.807) is 6.92 Å². The molecular weight excluding hydrogens is 296 g/mol. The summed E-state index contributed by atoms with van der Waals surface area (Å²) in [7, 11) is 1.33. The van der Waals surface area contributed by atoms with Crippen molar-refractivity contribution in [1.29, 1.82) is 5.26 Å². The molecule has 1 aliphatic carbocycles. The summed E-state index contributed by atoms with van der Waals surface area (Å²) < 4.78 is 9.97. The number of rotatable bonds is 3. The van der Waals surface area contributed by atoms with Crippen LogP contribution >= 0.6 is 0 Å². The lowest BCUT2D eigenvalue weighted by molar-refractivity contribution is -0.152. The highest BCUT2D eigenvalue weighted by atomic mass is 16.6. The normalized spacial score (nSPS) is 30.4. The number of hydrogen-bond acceptors (Lipinski definition) is 5. The molecule has 0 bridgehead atoms. The molecule has 4 atom stereocenters. The number of carbonyl (C=O) groups is 2. The number of methoxy groups -OCH3 is 1. The van der Waals surface area contributed by atoms with E-state index < -0.39 is 12.1 Å². The Morgan fingerprint density at radius 3 is 2.74 bits per heavy atom. The zero-order valence-corrected chi connectivity index (χ0v) is 13.7. The molecule has 0 aromatic carbocycles. The van der Waals surface area contributed by atoms with Crippen molar-refractivity contribution in [1.82, 2.24) is 4.90 Å². The summed E-state index contributed by atoms with van der Waals surface area (Å²) in [5, 5.41) is 8.67. The van der Waals surface area contributed by atoms with Crippen LogP contribution in [0.2, 0.25) is 0 Å². The molecule has 2 fully saturated rings. The SMILES string of the molecule is CCOC(=O)[C@@H]1C[C@H]2C[C@@H](/C=C/C#N)CC[C@H]2CN1C(=O)OC. The maximum absolute atomic E-state index is 12.2. The summed E-state index contributed by atoms with van der Waals surface area (Å²) >= 11 is 0. The van der Waals surface area contributed by atoms with Gasteiger partial charge in [-0.3, -0.25) is 4.90 Å². The number of allylic oxidation sites excluding steroid dienone is 2. The van der Waals surface area contributed by atoms with E-state index >= 15 is 0 Å². The van der Waals surface area contributed by atoms with E-state index in [9.17, 15) is 9.59 Å². The van der Waals surface area contributed by atoms with E-state index in [1.165, 1.54) is 18.1 Å². The number of esters is 1. The largest absolute Gasteiger partial charge is 0.464 e. The molecular formula is C17H24N2O4. The number of hydrogen-bond donors (Lipinski definition) is 0. The smallest absolute Gasteiger partial charge is 0.410 e. The number of amides is 1. The van der Waals surface area contributed by atoms with Crippen LogP contribution in [0.5, 0.6) is 0 Å². The summed E-state index contributed by atoms with van der Waals surface area (Å²) in [6.45, 7) is 2.59. The van der Waals surface area contributed by atoms with Gasteiger partial charge in [0.15, 0.2) is 0 Å². The highest BCUT2D eigenvalue weighted by Gasteiger charge is 2.44. The van der Waals surface area contributed by atoms with Gasteiger partial charge in [-0.15, -0.1) is 0 Å². The van der Waals surface area contributed by atoms with E-state index in [1.807, 2.05) is 12.1 Å². The van der Waals surface area contributed by atoms with Crippen molar-refractivity contribution in [2.75, 3.05) is 20.3 Å². The first-order valence-electron chi connectivity index (χ1n) is 8.18. The Morgan fingerprint density at radius 2 is 2.09 bits per heavy atom. The Labute approximate surface area is 137 Å². The van der Waals surface area contributed by atoms with Gasteiger partial charge in [-0.1, -0.05) is 6.08 Å². The van der Waals surface area contributed by atoms with Gasteiger partial charge in [0.1, 0.15) is 6.04 Å². The van der Waals surface area contributed by atoms with E-state index in [0.29, 0.717) is 37.3 Å². The molecule has 1 saturated heterocycles. The van der Waals surface area contributed by atoms with Crippen molar-refractivity contribution in [2.24, 2.45) is 17.8 Å². The average Bonchev–Trinajstić information content (AvgIpc) is 2.58. The van der Waals surface area contributed by atoms with Gasteiger partial charge in [-0.05, 0) is 50.4 Å². The van der Waals surface area contributed by atoms with Gasteiger partial charge >= 0.3 is 12.1 Å². The fraction of sp³-hybridized carbons (Fsp3) is 0.706.